The number of hydrogen-bond acceptors (Lipinski definition) is 6. The first-order valence-electron chi connectivity index (χ1n) is 28.1. The average Bonchev–Trinajstić information content (AvgIpc) is 3.25. The van der Waals surface area contributed by atoms with E-state index in [9.17, 15) is 14.4 Å². The predicted molar refractivity (Wildman–Crippen MR) is 270 cm³/mol. The Labute approximate surface area is 393 Å². The molecule has 6 heteroatoms. The molecule has 1 unspecified atom stereocenters. The van der Waals surface area contributed by atoms with E-state index in [1.807, 2.05) is 0 Å². The van der Waals surface area contributed by atoms with Crippen LogP contribution in [-0.2, 0) is 28.6 Å². The number of carbonyl (C=O) groups is 3. The lowest BCUT2D eigenvalue weighted by Crippen LogP contribution is -2.30. The molecule has 0 saturated heterocycles. The molecule has 0 bridgehead atoms. The Morgan fingerprint density at radius 3 is 0.825 bits per heavy atom. The summed E-state index contributed by atoms with van der Waals surface area (Å²) >= 11 is 0. The molecule has 0 radical (unpaired) electrons. The maximum Gasteiger partial charge on any atom is 0.306 e. The summed E-state index contributed by atoms with van der Waals surface area (Å²) in [6.45, 7) is 13.7. The normalized spacial score (nSPS) is 12.6. The predicted octanol–water partition coefficient (Wildman–Crippen LogP) is 18.3. The minimum atomic E-state index is -0.764. The van der Waals surface area contributed by atoms with E-state index in [0.29, 0.717) is 19.3 Å². The van der Waals surface area contributed by atoms with Gasteiger partial charge in [0.15, 0.2) is 6.10 Å². The molecule has 0 rings (SSSR count). The van der Waals surface area contributed by atoms with Crippen molar-refractivity contribution < 1.29 is 28.6 Å². The largest absolute Gasteiger partial charge is 0.462 e. The Kier molecular flexibility index (Phi) is 47.1. The van der Waals surface area contributed by atoms with Crippen molar-refractivity contribution in [3.05, 3.63) is 0 Å². The summed E-state index contributed by atoms with van der Waals surface area (Å²) in [5.74, 6) is 1.66. The SMILES string of the molecule is CCC(C)CCCCCCCCC(=O)OC[C@H](COC(=O)CCCCCCCCCCCCCCCCC(C)C)OC(=O)CCCCCCCCCCCCCCCCCC(C)C. The second-order valence-electron chi connectivity index (χ2n) is 20.8. The second-order valence-corrected chi connectivity index (χ2v) is 20.8. The van der Waals surface area contributed by atoms with E-state index in [-0.39, 0.29) is 31.1 Å². The summed E-state index contributed by atoms with van der Waals surface area (Å²) < 4.78 is 16.9. The summed E-state index contributed by atoms with van der Waals surface area (Å²) in [7, 11) is 0. The molecule has 6 nitrogen and oxygen atoms in total. The zero-order valence-corrected chi connectivity index (χ0v) is 43.4. The molecule has 2 atom stereocenters. The Bertz CT molecular complexity index is 978. The number of esters is 3. The third-order valence-corrected chi connectivity index (χ3v) is 13.3. The smallest absolute Gasteiger partial charge is 0.306 e. The number of hydrogen-bond donors (Lipinski definition) is 0. The molecule has 374 valence electrons. The van der Waals surface area contributed by atoms with Gasteiger partial charge in [-0.3, -0.25) is 14.4 Å². The zero-order chi connectivity index (χ0) is 46.3. The molecule has 0 aliphatic rings. The Hall–Kier alpha value is -1.59. The third kappa shape index (κ3) is 49.7. The summed E-state index contributed by atoms with van der Waals surface area (Å²) in [6.07, 6.45) is 49.5. The lowest BCUT2D eigenvalue weighted by atomic mass is 10.00. The van der Waals surface area contributed by atoms with Crippen LogP contribution in [0, 0.1) is 17.8 Å². The summed E-state index contributed by atoms with van der Waals surface area (Å²) in [5.41, 5.74) is 0. The van der Waals surface area contributed by atoms with Gasteiger partial charge in [-0.1, -0.05) is 273 Å². The van der Waals surface area contributed by atoms with E-state index in [1.54, 1.807) is 0 Å². The molecule has 0 fully saturated rings. The van der Waals surface area contributed by atoms with Crippen molar-refractivity contribution in [2.75, 3.05) is 13.2 Å². The van der Waals surface area contributed by atoms with Crippen LogP contribution in [0.4, 0.5) is 0 Å². The quantitative estimate of drug-likeness (QED) is 0.0344. The molecular formula is C57H110O6. The van der Waals surface area contributed by atoms with Crippen LogP contribution in [0.25, 0.3) is 0 Å². The Morgan fingerprint density at radius 2 is 0.556 bits per heavy atom. The Morgan fingerprint density at radius 1 is 0.317 bits per heavy atom. The van der Waals surface area contributed by atoms with E-state index in [4.69, 9.17) is 14.2 Å². The van der Waals surface area contributed by atoms with Crippen LogP contribution in [0.15, 0.2) is 0 Å². The van der Waals surface area contributed by atoms with Crippen LogP contribution in [0.5, 0.6) is 0 Å². The van der Waals surface area contributed by atoms with Crippen molar-refractivity contribution in [1.82, 2.24) is 0 Å². The molecule has 0 aromatic rings. The minimum Gasteiger partial charge on any atom is -0.462 e. The Balaban J connectivity index is 4.26. The van der Waals surface area contributed by atoms with Crippen LogP contribution >= 0.6 is 0 Å². The maximum absolute atomic E-state index is 12.8. The highest BCUT2D eigenvalue weighted by Crippen LogP contribution is 2.18. The number of ether oxygens (including phenoxy) is 3. The molecular weight excluding hydrogens is 781 g/mol. The van der Waals surface area contributed by atoms with E-state index >= 15 is 0 Å². The molecule has 0 aromatic carbocycles. The van der Waals surface area contributed by atoms with Gasteiger partial charge in [0.25, 0.3) is 0 Å². The topological polar surface area (TPSA) is 78.9 Å². The minimum absolute atomic E-state index is 0.0644. The summed E-state index contributed by atoms with van der Waals surface area (Å²) in [6, 6.07) is 0. The van der Waals surface area contributed by atoms with Crippen molar-refractivity contribution in [3.63, 3.8) is 0 Å². The molecule has 0 aliphatic heterocycles. The van der Waals surface area contributed by atoms with Gasteiger partial charge in [0.1, 0.15) is 13.2 Å². The van der Waals surface area contributed by atoms with Crippen molar-refractivity contribution in [1.29, 1.82) is 0 Å². The molecule has 0 N–H and O–H groups in total. The molecule has 0 spiro atoms. The van der Waals surface area contributed by atoms with Gasteiger partial charge in [0, 0.05) is 19.3 Å². The van der Waals surface area contributed by atoms with Gasteiger partial charge in [-0.05, 0) is 37.0 Å². The fourth-order valence-electron chi connectivity index (χ4n) is 8.61. The first kappa shape index (κ1) is 61.4. The standard InChI is InChI=1S/C57H110O6/c1-7-53(6)45-39-33-29-30-35-41-47-56(59)62-50-54(49-61-55(58)46-40-34-27-23-19-15-12-11-14-18-22-26-32-38-44-52(4)5)63-57(60)48-42-36-28-24-20-16-10-8-9-13-17-21-25-31-37-43-51(2)3/h51-54H,7-50H2,1-6H3/t53?,54-/m0/s1. The highest BCUT2D eigenvalue weighted by atomic mass is 16.6. The van der Waals surface area contributed by atoms with Crippen LogP contribution in [0.2, 0.25) is 0 Å². The number of carbonyl (C=O) groups excluding carboxylic acids is 3. The van der Waals surface area contributed by atoms with Gasteiger partial charge < -0.3 is 14.2 Å². The van der Waals surface area contributed by atoms with E-state index in [1.165, 1.54) is 193 Å². The van der Waals surface area contributed by atoms with Crippen molar-refractivity contribution in [3.8, 4) is 0 Å². The molecule has 0 saturated carbocycles. The zero-order valence-electron chi connectivity index (χ0n) is 43.4. The summed E-state index contributed by atoms with van der Waals surface area (Å²) in [5, 5.41) is 0. The highest BCUT2D eigenvalue weighted by Gasteiger charge is 2.19. The average molecular weight is 892 g/mol. The fraction of sp³-hybridized carbons (Fsp3) is 0.947. The van der Waals surface area contributed by atoms with Crippen LogP contribution in [-0.4, -0.2) is 37.2 Å². The third-order valence-electron chi connectivity index (χ3n) is 13.3. The van der Waals surface area contributed by atoms with Gasteiger partial charge in [-0.25, -0.2) is 0 Å². The second kappa shape index (κ2) is 48.3. The first-order chi connectivity index (χ1) is 30.6. The fourth-order valence-corrected chi connectivity index (χ4v) is 8.61. The molecule has 0 heterocycles. The molecule has 0 aromatic heterocycles. The van der Waals surface area contributed by atoms with Crippen molar-refractivity contribution in [2.45, 2.75) is 317 Å². The van der Waals surface area contributed by atoms with Gasteiger partial charge in [-0.15, -0.1) is 0 Å². The molecule has 0 aliphatic carbocycles. The first-order valence-corrected chi connectivity index (χ1v) is 28.1. The van der Waals surface area contributed by atoms with Crippen LogP contribution in [0.1, 0.15) is 311 Å². The van der Waals surface area contributed by atoms with E-state index < -0.39 is 6.10 Å². The lowest BCUT2D eigenvalue weighted by Gasteiger charge is -2.18. The summed E-state index contributed by atoms with van der Waals surface area (Å²) in [4.78, 5) is 38.0. The van der Waals surface area contributed by atoms with E-state index in [2.05, 4.69) is 41.5 Å². The van der Waals surface area contributed by atoms with Gasteiger partial charge >= 0.3 is 17.9 Å². The van der Waals surface area contributed by atoms with Gasteiger partial charge in [0.05, 0.1) is 0 Å². The molecule has 0 amide bonds. The van der Waals surface area contributed by atoms with Gasteiger partial charge in [-0.2, -0.15) is 0 Å². The lowest BCUT2D eigenvalue weighted by molar-refractivity contribution is -0.167. The highest BCUT2D eigenvalue weighted by molar-refractivity contribution is 5.71. The van der Waals surface area contributed by atoms with Crippen molar-refractivity contribution in [2.24, 2.45) is 17.8 Å². The van der Waals surface area contributed by atoms with Crippen molar-refractivity contribution >= 4 is 17.9 Å². The van der Waals surface area contributed by atoms with Crippen LogP contribution < -0.4 is 0 Å². The monoisotopic (exact) mass is 891 g/mol. The maximum atomic E-state index is 12.8. The molecule has 63 heavy (non-hydrogen) atoms. The number of unbranched alkanes of at least 4 members (excludes halogenated alkanes) is 32. The van der Waals surface area contributed by atoms with Crippen LogP contribution in [0.3, 0.4) is 0 Å². The van der Waals surface area contributed by atoms with Gasteiger partial charge in [0.2, 0.25) is 0 Å². The number of rotatable bonds is 50. The van der Waals surface area contributed by atoms with E-state index in [0.717, 1.165) is 75.5 Å².